The van der Waals surface area contributed by atoms with Crippen molar-refractivity contribution >= 4 is 33.3 Å². The third-order valence-corrected chi connectivity index (χ3v) is 7.89. The van der Waals surface area contributed by atoms with Crippen LogP contribution in [0.1, 0.15) is 53.9 Å². The number of carbonyl (C=O) groups excluding carboxylic acids is 1. The van der Waals surface area contributed by atoms with Gasteiger partial charge in [0.2, 0.25) is 5.91 Å². The van der Waals surface area contributed by atoms with E-state index in [0.717, 1.165) is 61.1 Å². The number of aromatic nitrogens is 2. The molecule has 0 radical (unpaired) electrons. The van der Waals surface area contributed by atoms with Crippen LogP contribution in [0, 0.1) is 6.92 Å². The molecule has 0 saturated carbocycles. The van der Waals surface area contributed by atoms with Crippen LogP contribution >= 0.6 is 11.3 Å². The third-order valence-electron chi connectivity index (χ3n) is 6.71. The van der Waals surface area contributed by atoms with Crippen LogP contribution in [0.2, 0.25) is 0 Å². The Morgan fingerprint density at radius 2 is 1.81 bits per heavy atom. The second kappa shape index (κ2) is 8.58. The van der Waals surface area contributed by atoms with E-state index in [4.69, 9.17) is 9.97 Å². The topological polar surface area (TPSA) is 49.3 Å². The van der Waals surface area contributed by atoms with Crippen molar-refractivity contribution in [3.63, 3.8) is 0 Å². The first kappa shape index (κ1) is 20.4. The van der Waals surface area contributed by atoms with Crippen LogP contribution in [-0.4, -0.2) is 47.0 Å². The van der Waals surface area contributed by atoms with E-state index >= 15 is 0 Å². The molecule has 5 rings (SSSR count). The molecule has 1 aliphatic heterocycles. The van der Waals surface area contributed by atoms with Crippen molar-refractivity contribution in [2.75, 3.05) is 31.1 Å². The van der Waals surface area contributed by atoms with Gasteiger partial charge in [-0.3, -0.25) is 4.79 Å². The van der Waals surface area contributed by atoms with Gasteiger partial charge < -0.3 is 9.80 Å². The van der Waals surface area contributed by atoms with Crippen LogP contribution in [0.25, 0.3) is 10.2 Å². The van der Waals surface area contributed by atoms with Crippen molar-refractivity contribution in [1.82, 2.24) is 14.9 Å². The average Bonchev–Trinajstić information content (AvgIpc) is 3.18. The average molecular weight is 435 g/mol. The number of rotatable bonds is 4. The zero-order valence-corrected chi connectivity index (χ0v) is 19.2. The van der Waals surface area contributed by atoms with E-state index in [-0.39, 0.29) is 11.8 Å². The Hall–Kier alpha value is -2.47. The number of anilines is 1. The van der Waals surface area contributed by atoms with Gasteiger partial charge in [0.1, 0.15) is 16.5 Å². The second-order valence-corrected chi connectivity index (χ2v) is 9.75. The van der Waals surface area contributed by atoms with Gasteiger partial charge in [-0.25, -0.2) is 9.97 Å². The maximum atomic E-state index is 13.3. The van der Waals surface area contributed by atoms with Gasteiger partial charge in [0.15, 0.2) is 0 Å². The fourth-order valence-corrected chi connectivity index (χ4v) is 6.37. The molecule has 5 nitrogen and oxygen atoms in total. The van der Waals surface area contributed by atoms with Gasteiger partial charge in [0, 0.05) is 31.1 Å². The predicted octanol–water partition coefficient (Wildman–Crippen LogP) is 4.72. The van der Waals surface area contributed by atoms with Crippen LogP contribution in [0.5, 0.6) is 0 Å². The van der Waals surface area contributed by atoms with Crippen molar-refractivity contribution in [2.45, 2.75) is 51.9 Å². The molecule has 0 N–H and O–H groups in total. The zero-order valence-electron chi connectivity index (χ0n) is 18.4. The van der Waals surface area contributed by atoms with Crippen LogP contribution in [-0.2, 0) is 17.6 Å². The van der Waals surface area contributed by atoms with Gasteiger partial charge >= 0.3 is 0 Å². The molecule has 1 atom stereocenters. The predicted molar refractivity (Wildman–Crippen MR) is 127 cm³/mol. The summed E-state index contributed by atoms with van der Waals surface area (Å²) >= 11 is 1.86. The molecule has 6 heteroatoms. The van der Waals surface area contributed by atoms with Crippen LogP contribution in [0.3, 0.4) is 0 Å². The monoisotopic (exact) mass is 434 g/mol. The number of piperazine rings is 1. The summed E-state index contributed by atoms with van der Waals surface area (Å²) in [6.45, 7) is 7.25. The maximum absolute atomic E-state index is 13.3. The molecule has 0 spiro atoms. The lowest BCUT2D eigenvalue weighted by atomic mass is 9.94. The van der Waals surface area contributed by atoms with Gasteiger partial charge in [-0.05, 0) is 50.2 Å². The summed E-state index contributed by atoms with van der Waals surface area (Å²) in [5.74, 6) is 2.13. The normalized spacial score (nSPS) is 17.6. The molecule has 3 heterocycles. The SMILES string of the molecule is CC[C@@H](C(=O)N1CCN(c2nc(C)nc3sc4c(c23)CCCC4)CC1)c1ccccc1. The zero-order chi connectivity index (χ0) is 21.4. The minimum Gasteiger partial charge on any atom is -0.352 e. The summed E-state index contributed by atoms with van der Waals surface area (Å²) in [4.78, 5) is 30.0. The second-order valence-electron chi connectivity index (χ2n) is 8.67. The molecule has 1 saturated heterocycles. The Kier molecular flexibility index (Phi) is 5.65. The van der Waals surface area contributed by atoms with Crippen LogP contribution < -0.4 is 4.90 Å². The Bertz CT molecular complexity index is 1090. The number of carbonyl (C=O) groups is 1. The van der Waals surface area contributed by atoms with E-state index in [0.29, 0.717) is 0 Å². The molecule has 2 aromatic heterocycles. The van der Waals surface area contributed by atoms with Gasteiger partial charge in [-0.15, -0.1) is 11.3 Å². The number of benzene rings is 1. The molecular weight excluding hydrogens is 404 g/mol. The summed E-state index contributed by atoms with van der Waals surface area (Å²) in [5, 5.41) is 1.28. The summed E-state index contributed by atoms with van der Waals surface area (Å²) in [6, 6.07) is 10.2. The van der Waals surface area contributed by atoms with E-state index in [1.807, 2.05) is 41.4 Å². The van der Waals surface area contributed by atoms with Crippen molar-refractivity contribution in [1.29, 1.82) is 0 Å². The molecule has 3 aromatic rings. The van der Waals surface area contributed by atoms with Crippen molar-refractivity contribution in [2.24, 2.45) is 0 Å². The van der Waals surface area contributed by atoms with E-state index in [9.17, 15) is 4.79 Å². The van der Waals surface area contributed by atoms with Crippen molar-refractivity contribution in [3.8, 4) is 0 Å². The van der Waals surface area contributed by atoms with E-state index in [1.165, 1.54) is 35.1 Å². The molecule has 162 valence electrons. The number of hydrogen-bond donors (Lipinski definition) is 0. The Labute approximate surface area is 188 Å². The molecule has 1 aromatic carbocycles. The molecular formula is C25H30N4OS. The first-order chi connectivity index (χ1) is 15.2. The van der Waals surface area contributed by atoms with Gasteiger partial charge in [-0.2, -0.15) is 0 Å². The number of amides is 1. The largest absolute Gasteiger partial charge is 0.352 e. The molecule has 31 heavy (non-hydrogen) atoms. The molecule has 1 aliphatic carbocycles. The summed E-state index contributed by atoms with van der Waals surface area (Å²) in [6.07, 6.45) is 5.68. The third kappa shape index (κ3) is 3.82. The Morgan fingerprint density at radius 3 is 2.55 bits per heavy atom. The first-order valence-electron chi connectivity index (χ1n) is 11.5. The number of fused-ring (bicyclic) bond motifs is 3. The lowest BCUT2D eigenvalue weighted by Crippen LogP contribution is -2.50. The lowest BCUT2D eigenvalue weighted by molar-refractivity contribution is -0.133. The molecule has 1 fully saturated rings. The first-order valence-corrected chi connectivity index (χ1v) is 12.3. The maximum Gasteiger partial charge on any atom is 0.230 e. The molecule has 1 amide bonds. The van der Waals surface area contributed by atoms with Crippen molar-refractivity contribution < 1.29 is 4.79 Å². The molecule has 0 unspecified atom stereocenters. The summed E-state index contributed by atoms with van der Waals surface area (Å²) in [5.41, 5.74) is 2.60. The molecule has 0 bridgehead atoms. The lowest BCUT2D eigenvalue weighted by Gasteiger charge is -2.37. The number of nitrogens with zero attached hydrogens (tertiary/aromatic N) is 4. The van der Waals surface area contributed by atoms with Crippen molar-refractivity contribution in [3.05, 3.63) is 52.2 Å². The standard InChI is InChI=1S/C25H30N4OS/c1-3-19(18-9-5-4-6-10-18)25(30)29-15-13-28(14-16-29)23-22-20-11-7-8-12-21(20)31-24(22)27-17(2)26-23/h4-6,9-10,19H,3,7-8,11-16H2,1-2H3/t19-/m1/s1. The Balaban J connectivity index is 1.37. The minimum atomic E-state index is -0.0513. The highest BCUT2D eigenvalue weighted by Crippen LogP contribution is 2.40. The highest BCUT2D eigenvalue weighted by Gasteiger charge is 2.30. The number of aryl methyl sites for hydroxylation is 3. The highest BCUT2D eigenvalue weighted by atomic mass is 32.1. The highest BCUT2D eigenvalue weighted by molar-refractivity contribution is 7.19. The number of hydrogen-bond acceptors (Lipinski definition) is 5. The van der Waals surface area contributed by atoms with Gasteiger partial charge in [-0.1, -0.05) is 37.3 Å². The van der Waals surface area contributed by atoms with E-state index in [2.05, 4.69) is 24.0 Å². The van der Waals surface area contributed by atoms with Crippen LogP contribution in [0.15, 0.2) is 30.3 Å². The minimum absolute atomic E-state index is 0.0513. The fraction of sp³-hybridized carbons (Fsp3) is 0.480. The van der Waals surface area contributed by atoms with Gasteiger partial charge in [0.25, 0.3) is 0 Å². The van der Waals surface area contributed by atoms with E-state index < -0.39 is 0 Å². The summed E-state index contributed by atoms with van der Waals surface area (Å²) in [7, 11) is 0. The Morgan fingerprint density at radius 1 is 1.06 bits per heavy atom. The smallest absolute Gasteiger partial charge is 0.230 e. The molecule has 2 aliphatic rings. The summed E-state index contributed by atoms with van der Waals surface area (Å²) < 4.78 is 0. The fourth-order valence-electron chi connectivity index (χ4n) is 5.07. The quantitative estimate of drug-likeness (QED) is 0.596. The number of thiophene rings is 1. The van der Waals surface area contributed by atoms with E-state index in [1.54, 1.807) is 0 Å². The van der Waals surface area contributed by atoms with Crippen LogP contribution in [0.4, 0.5) is 5.82 Å². The van der Waals surface area contributed by atoms with Gasteiger partial charge in [0.05, 0.1) is 11.3 Å².